The van der Waals surface area contributed by atoms with Gasteiger partial charge in [-0.2, -0.15) is 0 Å². The van der Waals surface area contributed by atoms with Gasteiger partial charge in [-0.15, -0.1) is 0 Å². The lowest BCUT2D eigenvalue weighted by Gasteiger charge is -2.16. The second kappa shape index (κ2) is 8.30. The molecule has 25 heavy (non-hydrogen) atoms. The average molecular weight is 360 g/mol. The summed E-state index contributed by atoms with van der Waals surface area (Å²) in [6, 6.07) is 10.2. The molecule has 0 bridgehead atoms. The van der Waals surface area contributed by atoms with E-state index in [0.29, 0.717) is 10.8 Å². The van der Waals surface area contributed by atoms with Gasteiger partial charge < -0.3 is 9.84 Å². The number of carbonyl (C=O) groups excluding carboxylic acids is 2. The minimum Gasteiger partial charge on any atom is -0.497 e. The Hall–Kier alpha value is -2.86. The predicted octanol–water partition coefficient (Wildman–Crippen LogP) is 3.45. The maximum atomic E-state index is 12.5. The third-order valence-corrected chi connectivity index (χ3v) is 3.77. The number of nitrogens with zero attached hydrogens (tertiary/aromatic N) is 3. The van der Waals surface area contributed by atoms with Crippen LogP contribution in [0.15, 0.2) is 53.6 Å². The molecule has 0 aliphatic heterocycles. The first-order chi connectivity index (χ1) is 12.0. The molecule has 128 valence electrons. The number of methoxy groups -OCH3 is 1. The number of carbonyl (C=O) groups is 2. The van der Waals surface area contributed by atoms with E-state index in [9.17, 15) is 14.7 Å². The molecule has 0 aliphatic carbocycles. The number of benzene rings is 2. The molecule has 0 heterocycles. The van der Waals surface area contributed by atoms with E-state index in [0.717, 1.165) is 0 Å². The highest BCUT2D eigenvalue weighted by Gasteiger charge is 2.32. The van der Waals surface area contributed by atoms with Gasteiger partial charge in [0.05, 0.1) is 7.11 Å². The van der Waals surface area contributed by atoms with Gasteiger partial charge in [-0.05, 0) is 54.1 Å². The highest BCUT2D eigenvalue weighted by molar-refractivity contribution is 6.30. The number of halogens is 1. The van der Waals surface area contributed by atoms with Gasteiger partial charge in [-0.1, -0.05) is 16.7 Å². The summed E-state index contributed by atoms with van der Waals surface area (Å²) in [5.41, 5.74) is 9.03. The summed E-state index contributed by atoms with van der Waals surface area (Å²) in [6.45, 7) is 0. The van der Waals surface area contributed by atoms with Crippen LogP contribution in [0.5, 0.6) is 5.75 Å². The minimum atomic E-state index is -1.81. The first kappa shape index (κ1) is 18.5. The van der Waals surface area contributed by atoms with Crippen molar-refractivity contribution in [3.8, 4) is 5.75 Å². The third-order valence-electron chi connectivity index (χ3n) is 3.52. The van der Waals surface area contributed by atoms with Gasteiger partial charge >= 0.3 is 0 Å². The molecule has 0 spiro atoms. The lowest BCUT2D eigenvalue weighted by molar-refractivity contribution is 0.0635. The summed E-state index contributed by atoms with van der Waals surface area (Å²) in [4.78, 5) is 27.5. The molecule has 0 radical (unpaired) electrons. The summed E-state index contributed by atoms with van der Waals surface area (Å²) in [6.07, 6.45) is -1.81. The normalized spacial score (nSPS) is 12.6. The fourth-order valence-electron chi connectivity index (χ4n) is 2.17. The number of hydrogen-bond donors (Lipinski definition) is 1. The van der Waals surface area contributed by atoms with Crippen molar-refractivity contribution in [1.82, 2.24) is 0 Å². The van der Waals surface area contributed by atoms with Gasteiger partial charge in [0, 0.05) is 21.1 Å². The molecule has 0 unspecified atom stereocenters. The van der Waals surface area contributed by atoms with E-state index in [1.54, 1.807) is 12.1 Å². The van der Waals surface area contributed by atoms with E-state index < -0.39 is 23.7 Å². The molecule has 2 aromatic rings. The number of ketones is 2. The van der Waals surface area contributed by atoms with Crippen LogP contribution in [-0.4, -0.2) is 35.9 Å². The van der Waals surface area contributed by atoms with E-state index >= 15 is 0 Å². The third kappa shape index (κ3) is 4.36. The van der Waals surface area contributed by atoms with Gasteiger partial charge in [0.25, 0.3) is 0 Å². The molecule has 8 heteroatoms. The van der Waals surface area contributed by atoms with Crippen molar-refractivity contribution >= 4 is 23.2 Å². The molecule has 2 atom stereocenters. The maximum absolute atomic E-state index is 12.5. The number of aliphatic hydroxyl groups excluding tert-OH is 1. The van der Waals surface area contributed by atoms with E-state index in [1.807, 2.05) is 0 Å². The fourth-order valence-corrected chi connectivity index (χ4v) is 2.29. The number of azide groups is 1. The largest absolute Gasteiger partial charge is 0.497 e. The fraction of sp³-hybridized carbons (Fsp3) is 0.176. The maximum Gasteiger partial charge on any atom is 0.192 e. The summed E-state index contributed by atoms with van der Waals surface area (Å²) in [5.74, 6) is -0.874. The minimum absolute atomic E-state index is 0.151. The van der Waals surface area contributed by atoms with E-state index in [2.05, 4.69) is 10.0 Å². The molecule has 7 nitrogen and oxygen atoms in total. The van der Waals surface area contributed by atoms with Crippen LogP contribution in [0.2, 0.25) is 5.02 Å². The Labute approximate surface area is 148 Å². The van der Waals surface area contributed by atoms with Crippen LogP contribution in [0.3, 0.4) is 0 Å². The number of hydrogen-bond acceptors (Lipinski definition) is 5. The molecular weight excluding hydrogens is 346 g/mol. The summed E-state index contributed by atoms with van der Waals surface area (Å²) in [7, 11) is 1.48. The topological polar surface area (TPSA) is 112 Å². The lowest BCUT2D eigenvalue weighted by atomic mass is 9.95. The van der Waals surface area contributed by atoms with Crippen molar-refractivity contribution in [3.05, 3.63) is 75.1 Å². The Balaban J connectivity index is 2.28. The lowest BCUT2D eigenvalue weighted by Crippen LogP contribution is -2.38. The van der Waals surface area contributed by atoms with Crippen molar-refractivity contribution in [3.63, 3.8) is 0 Å². The zero-order valence-electron chi connectivity index (χ0n) is 13.2. The van der Waals surface area contributed by atoms with Crippen LogP contribution in [0.25, 0.3) is 10.4 Å². The molecule has 0 fully saturated rings. The monoisotopic (exact) mass is 359 g/mol. The smallest absolute Gasteiger partial charge is 0.192 e. The number of rotatable bonds is 7. The Bertz CT molecular complexity index is 815. The quantitative estimate of drug-likeness (QED) is 0.353. The van der Waals surface area contributed by atoms with Crippen molar-refractivity contribution in [1.29, 1.82) is 0 Å². The molecule has 2 aromatic carbocycles. The van der Waals surface area contributed by atoms with Crippen LogP contribution in [0.1, 0.15) is 20.7 Å². The second-order valence-corrected chi connectivity index (χ2v) is 5.49. The second-order valence-electron chi connectivity index (χ2n) is 5.06. The van der Waals surface area contributed by atoms with Crippen LogP contribution in [0.4, 0.5) is 0 Å². The molecular formula is C17H14ClN3O4. The highest BCUT2D eigenvalue weighted by Crippen LogP contribution is 2.18. The van der Waals surface area contributed by atoms with Crippen LogP contribution in [0, 0.1) is 0 Å². The van der Waals surface area contributed by atoms with Crippen molar-refractivity contribution < 1.29 is 19.4 Å². The standard InChI is InChI=1S/C17H14ClN3O4/c1-25-13-8-4-10(5-9-13)15(22)14(20-21-19)17(24)16(23)11-2-6-12(18)7-3-11/h2-9,14,17,24H,1H3/t14-,17+/m0/s1. The Morgan fingerprint density at radius 2 is 1.60 bits per heavy atom. The molecule has 0 amide bonds. The molecule has 1 N–H and O–H groups in total. The van der Waals surface area contributed by atoms with Crippen LogP contribution < -0.4 is 4.74 Å². The molecule has 0 saturated carbocycles. The van der Waals surface area contributed by atoms with Gasteiger partial charge in [0.2, 0.25) is 0 Å². The zero-order valence-corrected chi connectivity index (χ0v) is 13.9. The highest BCUT2D eigenvalue weighted by atomic mass is 35.5. The number of aliphatic hydroxyl groups is 1. The zero-order chi connectivity index (χ0) is 18.4. The van der Waals surface area contributed by atoms with E-state index in [-0.39, 0.29) is 11.1 Å². The van der Waals surface area contributed by atoms with Crippen molar-refractivity contribution in [2.75, 3.05) is 7.11 Å². The van der Waals surface area contributed by atoms with Gasteiger partial charge in [-0.25, -0.2) is 0 Å². The van der Waals surface area contributed by atoms with Crippen LogP contribution in [-0.2, 0) is 0 Å². The number of Topliss-reactive ketones (excluding diaryl/α,β-unsaturated/α-hetero) is 2. The van der Waals surface area contributed by atoms with Gasteiger partial charge in [0.15, 0.2) is 11.6 Å². The number of ether oxygens (including phenoxy) is 1. The summed E-state index contributed by atoms with van der Waals surface area (Å²) < 4.78 is 5.00. The summed E-state index contributed by atoms with van der Waals surface area (Å²) in [5, 5.41) is 14.0. The van der Waals surface area contributed by atoms with Gasteiger partial charge in [-0.3, -0.25) is 9.59 Å². The van der Waals surface area contributed by atoms with Gasteiger partial charge in [0.1, 0.15) is 17.9 Å². The SMILES string of the molecule is COc1ccc(C(=O)[C@H](N=[N+]=[N-])[C@@H](O)C(=O)c2ccc(Cl)cc2)cc1. The van der Waals surface area contributed by atoms with Crippen LogP contribution >= 0.6 is 11.6 Å². The van der Waals surface area contributed by atoms with Crippen molar-refractivity contribution in [2.24, 2.45) is 5.11 Å². The predicted molar refractivity (Wildman–Crippen MR) is 92.0 cm³/mol. The molecule has 0 saturated heterocycles. The Morgan fingerprint density at radius 3 is 2.12 bits per heavy atom. The molecule has 0 aromatic heterocycles. The first-order valence-electron chi connectivity index (χ1n) is 7.18. The Kier molecular flexibility index (Phi) is 6.14. The average Bonchev–Trinajstić information content (AvgIpc) is 2.65. The molecule has 0 aliphatic rings. The van der Waals surface area contributed by atoms with Crippen molar-refractivity contribution in [2.45, 2.75) is 12.1 Å². The van der Waals surface area contributed by atoms with E-state index in [4.69, 9.17) is 21.9 Å². The molecule has 2 rings (SSSR count). The Morgan fingerprint density at radius 1 is 1.08 bits per heavy atom. The first-order valence-corrected chi connectivity index (χ1v) is 7.56. The van der Waals surface area contributed by atoms with E-state index in [1.165, 1.54) is 43.5 Å². The summed E-state index contributed by atoms with van der Waals surface area (Å²) >= 11 is 5.76.